The molecule has 1 aromatic heterocycles. The van der Waals surface area contributed by atoms with Gasteiger partial charge in [-0.05, 0) is 69.1 Å². The van der Waals surface area contributed by atoms with E-state index in [1.807, 2.05) is 6.92 Å². The van der Waals surface area contributed by atoms with Gasteiger partial charge in [-0.3, -0.25) is 33.8 Å². The van der Waals surface area contributed by atoms with E-state index in [1.54, 1.807) is 4.90 Å². The van der Waals surface area contributed by atoms with Gasteiger partial charge >= 0.3 is 0 Å². The number of aromatic nitrogens is 2. The smallest absolute Gasteiger partial charge is 0.287 e. The van der Waals surface area contributed by atoms with Gasteiger partial charge in [0.1, 0.15) is 5.69 Å². The van der Waals surface area contributed by atoms with Crippen molar-refractivity contribution < 1.29 is 37.2 Å². The van der Waals surface area contributed by atoms with Crippen LogP contribution in [0.5, 0.6) is 0 Å². The molecule has 0 aromatic carbocycles. The predicted octanol–water partition coefficient (Wildman–Crippen LogP) is 3.03. The standard InChI is InChI=1S/C38H54N6O8S/c1-3-9-25(35(47)37(49)42-28-14-15-28)20-32(46)34-29-13-8-12-27(29)23-44(34)38(50)26(16-17-41-53(51,52)4-2)21-31(45)33(24-10-6-5-7-11-24)43-36(48)30-22-39-18-19-40-30/h4,18-19,22,24-29,33-34,41H,2-3,5-17,20-21,23H2,1H3,(H,42,49)(H,43,48)/t25-,26-,27+,29+,33+,34+/m1/s1. The second-order valence-electron chi connectivity index (χ2n) is 15.3. The van der Waals surface area contributed by atoms with E-state index in [0.29, 0.717) is 19.4 Å². The lowest BCUT2D eigenvalue weighted by Crippen LogP contribution is -2.50. The molecule has 0 bridgehead atoms. The molecule has 6 atom stereocenters. The molecule has 53 heavy (non-hydrogen) atoms. The van der Waals surface area contributed by atoms with Gasteiger partial charge in [-0.25, -0.2) is 18.1 Å². The largest absolute Gasteiger partial charge is 0.347 e. The van der Waals surface area contributed by atoms with E-state index < -0.39 is 57.4 Å². The summed E-state index contributed by atoms with van der Waals surface area (Å²) in [5, 5.41) is 6.38. The van der Waals surface area contributed by atoms with Gasteiger partial charge in [-0.2, -0.15) is 0 Å². The van der Waals surface area contributed by atoms with Gasteiger partial charge < -0.3 is 15.5 Å². The summed E-state index contributed by atoms with van der Waals surface area (Å²) in [6, 6.07) is -1.72. The third-order valence-electron chi connectivity index (χ3n) is 11.5. The Hall–Kier alpha value is -3.85. The van der Waals surface area contributed by atoms with Crippen LogP contribution in [0.2, 0.25) is 0 Å². The number of fused-ring (bicyclic) bond motifs is 1. The highest BCUT2D eigenvalue weighted by Crippen LogP contribution is 2.44. The summed E-state index contributed by atoms with van der Waals surface area (Å²) in [6.45, 7) is 5.38. The fourth-order valence-corrected chi connectivity index (χ4v) is 9.08. The average molecular weight is 755 g/mol. The Bertz CT molecular complexity index is 1630. The molecular formula is C38H54N6O8S. The second kappa shape index (κ2) is 18.5. The fraction of sp³-hybridized carbons (Fsp3) is 0.684. The van der Waals surface area contributed by atoms with Gasteiger partial charge in [0.15, 0.2) is 11.6 Å². The lowest BCUT2D eigenvalue weighted by atomic mass is 9.80. The van der Waals surface area contributed by atoms with Crippen LogP contribution in [0.25, 0.3) is 0 Å². The highest BCUT2D eigenvalue weighted by atomic mass is 32.2. The molecule has 3 N–H and O–H groups in total. The molecule has 1 aliphatic heterocycles. The van der Waals surface area contributed by atoms with Crippen molar-refractivity contribution in [2.75, 3.05) is 13.1 Å². The van der Waals surface area contributed by atoms with Crippen molar-refractivity contribution in [1.29, 1.82) is 0 Å². The van der Waals surface area contributed by atoms with Crippen molar-refractivity contribution >= 4 is 45.1 Å². The van der Waals surface area contributed by atoms with E-state index in [2.05, 4.69) is 31.9 Å². The van der Waals surface area contributed by atoms with E-state index >= 15 is 0 Å². The summed E-state index contributed by atoms with van der Waals surface area (Å²) >= 11 is 0. The van der Waals surface area contributed by atoms with Crippen LogP contribution in [0.4, 0.5) is 0 Å². The van der Waals surface area contributed by atoms with Gasteiger partial charge in [0.05, 0.1) is 18.3 Å². The Morgan fingerprint density at radius 2 is 1.70 bits per heavy atom. The molecule has 4 aliphatic rings. The summed E-state index contributed by atoms with van der Waals surface area (Å²) in [5.41, 5.74) is 0.0578. The zero-order valence-corrected chi connectivity index (χ0v) is 31.5. The number of likely N-dealkylation sites (tertiary alicyclic amines) is 1. The molecule has 3 amide bonds. The van der Waals surface area contributed by atoms with E-state index in [-0.39, 0.29) is 66.9 Å². The minimum absolute atomic E-state index is 0.000246. The number of hydrogen-bond acceptors (Lipinski definition) is 10. The van der Waals surface area contributed by atoms with Crippen LogP contribution in [-0.4, -0.2) is 89.6 Å². The number of carbonyl (C=O) groups excluding carboxylic acids is 6. The van der Waals surface area contributed by atoms with Crippen LogP contribution in [0.3, 0.4) is 0 Å². The van der Waals surface area contributed by atoms with Crippen molar-refractivity contribution in [1.82, 2.24) is 30.2 Å². The van der Waals surface area contributed by atoms with Gasteiger partial charge in [-0.1, -0.05) is 45.6 Å². The number of carbonyl (C=O) groups is 6. The molecule has 4 fully saturated rings. The van der Waals surface area contributed by atoms with Crippen LogP contribution < -0.4 is 15.4 Å². The molecule has 0 unspecified atom stereocenters. The van der Waals surface area contributed by atoms with Crippen molar-refractivity contribution in [2.45, 2.75) is 121 Å². The molecule has 0 radical (unpaired) electrons. The molecule has 290 valence electrons. The van der Waals surface area contributed by atoms with Crippen molar-refractivity contribution in [3.63, 3.8) is 0 Å². The first-order valence-corrected chi connectivity index (χ1v) is 20.9. The minimum atomic E-state index is -3.83. The molecule has 3 saturated carbocycles. The number of sulfonamides is 1. The number of rotatable bonds is 20. The third kappa shape index (κ3) is 10.6. The van der Waals surface area contributed by atoms with Crippen molar-refractivity contribution in [3.05, 3.63) is 36.3 Å². The highest BCUT2D eigenvalue weighted by molar-refractivity contribution is 7.92. The Kier molecular flexibility index (Phi) is 14.0. The van der Waals surface area contributed by atoms with Crippen LogP contribution in [0.15, 0.2) is 30.6 Å². The van der Waals surface area contributed by atoms with Crippen LogP contribution >= 0.6 is 0 Å². The molecule has 15 heteroatoms. The Labute approximate surface area is 312 Å². The lowest BCUT2D eigenvalue weighted by molar-refractivity contribution is -0.145. The first kappa shape index (κ1) is 40.3. The van der Waals surface area contributed by atoms with Crippen molar-refractivity contribution in [2.24, 2.45) is 29.6 Å². The maximum Gasteiger partial charge on any atom is 0.287 e. The molecule has 14 nitrogen and oxygen atoms in total. The predicted molar refractivity (Wildman–Crippen MR) is 195 cm³/mol. The molecule has 1 saturated heterocycles. The molecular weight excluding hydrogens is 701 g/mol. The average Bonchev–Trinajstić information content (AvgIpc) is 3.73. The normalized spacial score (nSPS) is 23.3. The highest BCUT2D eigenvalue weighted by Gasteiger charge is 2.51. The maximum absolute atomic E-state index is 14.7. The summed E-state index contributed by atoms with van der Waals surface area (Å²) < 4.78 is 26.9. The van der Waals surface area contributed by atoms with E-state index in [4.69, 9.17) is 0 Å². The summed E-state index contributed by atoms with van der Waals surface area (Å²) in [7, 11) is -3.83. The van der Waals surface area contributed by atoms with Crippen LogP contribution in [0.1, 0.15) is 114 Å². The van der Waals surface area contributed by atoms with Gasteiger partial charge in [0.2, 0.25) is 21.7 Å². The van der Waals surface area contributed by atoms with E-state index in [9.17, 15) is 37.2 Å². The Morgan fingerprint density at radius 1 is 0.943 bits per heavy atom. The molecule has 1 aromatic rings. The second-order valence-corrected chi connectivity index (χ2v) is 17.0. The summed E-state index contributed by atoms with van der Waals surface area (Å²) in [4.78, 5) is 92.0. The van der Waals surface area contributed by atoms with Crippen molar-refractivity contribution in [3.8, 4) is 0 Å². The summed E-state index contributed by atoms with van der Waals surface area (Å²) in [5.74, 6) is -4.88. The first-order chi connectivity index (χ1) is 25.4. The minimum Gasteiger partial charge on any atom is -0.347 e. The lowest BCUT2D eigenvalue weighted by Gasteiger charge is -2.33. The fourth-order valence-electron chi connectivity index (χ4n) is 8.56. The zero-order chi connectivity index (χ0) is 38.1. The number of ketones is 3. The Balaban J connectivity index is 1.38. The first-order valence-electron chi connectivity index (χ1n) is 19.3. The maximum atomic E-state index is 14.7. The number of hydrogen-bond donors (Lipinski definition) is 3. The number of nitrogens with one attached hydrogen (secondary N) is 3. The molecule has 0 spiro atoms. The zero-order valence-electron chi connectivity index (χ0n) is 30.7. The topological polar surface area (TPSA) is 202 Å². The number of Topliss-reactive ketones (excluding diaryl/α,β-unsaturated/α-hetero) is 3. The monoisotopic (exact) mass is 754 g/mol. The van der Waals surface area contributed by atoms with Gasteiger partial charge in [-0.15, -0.1) is 0 Å². The third-order valence-corrected chi connectivity index (χ3v) is 12.5. The molecule has 3 aliphatic carbocycles. The summed E-state index contributed by atoms with van der Waals surface area (Å²) in [6.07, 6.45) is 13.0. The number of nitrogens with zero attached hydrogens (tertiary/aromatic N) is 3. The van der Waals surface area contributed by atoms with Crippen LogP contribution in [0, 0.1) is 29.6 Å². The Morgan fingerprint density at radius 3 is 2.36 bits per heavy atom. The van der Waals surface area contributed by atoms with Gasteiger partial charge in [0, 0.05) is 61.6 Å². The number of amides is 3. The SMILES string of the molecule is C=CS(=O)(=O)NCC[C@H](CC(=O)[C@@H](NC(=O)c1cnccn1)C1CCCCC1)C(=O)N1C[C@@H]2CCC[C@@H]2[C@H]1C(=O)C[C@@H](CCC)C(=O)C(=O)NC1CC1. The molecule has 2 heterocycles. The van der Waals surface area contributed by atoms with E-state index in [1.165, 1.54) is 18.6 Å². The van der Waals surface area contributed by atoms with Crippen LogP contribution in [-0.2, 0) is 34.0 Å². The molecule has 5 rings (SSSR count). The van der Waals surface area contributed by atoms with E-state index in [0.717, 1.165) is 69.6 Å². The quantitative estimate of drug-likeness (QED) is 0.166. The van der Waals surface area contributed by atoms with Gasteiger partial charge in [0.25, 0.3) is 11.8 Å².